The first-order valence-corrected chi connectivity index (χ1v) is 7.37. The highest BCUT2D eigenvalue weighted by Crippen LogP contribution is 2.24. The zero-order valence-corrected chi connectivity index (χ0v) is 11.0. The van der Waals surface area contributed by atoms with Gasteiger partial charge in [0.1, 0.15) is 6.61 Å². The van der Waals surface area contributed by atoms with Crippen molar-refractivity contribution in [3.05, 3.63) is 0 Å². The number of rotatable bonds is 7. The van der Waals surface area contributed by atoms with Crippen molar-refractivity contribution in [1.29, 1.82) is 0 Å². The van der Waals surface area contributed by atoms with Crippen LogP contribution in [-0.2, 0) is 19.4 Å². The third kappa shape index (κ3) is 4.61. The van der Waals surface area contributed by atoms with E-state index in [2.05, 4.69) is 0 Å². The lowest BCUT2D eigenvalue weighted by molar-refractivity contribution is -0.164. The summed E-state index contributed by atoms with van der Waals surface area (Å²) < 4.78 is 27.8. The van der Waals surface area contributed by atoms with E-state index in [4.69, 9.17) is 9.84 Å². The maximum atomic E-state index is 11.3. The van der Waals surface area contributed by atoms with Crippen molar-refractivity contribution in [1.82, 2.24) is 4.90 Å². The number of carboxylic acids is 1. The van der Waals surface area contributed by atoms with E-state index in [1.54, 1.807) is 6.92 Å². The third-order valence-electron chi connectivity index (χ3n) is 2.82. The summed E-state index contributed by atoms with van der Waals surface area (Å²) in [5.74, 6) is -0.676. The van der Waals surface area contributed by atoms with Crippen LogP contribution >= 0.6 is 0 Å². The van der Waals surface area contributed by atoms with Crippen molar-refractivity contribution in [3.8, 4) is 0 Å². The van der Waals surface area contributed by atoms with Crippen LogP contribution in [0, 0.1) is 0 Å². The van der Waals surface area contributed by atoms with E-state index < -0.39 is 21.4 Å². The van der Waals surface area contributed by atoms with Gasteiger partial charge in [0, 0.05) is 25.4 Å². The molecule has 1 heterocycles. The molecular weight excluding hydrogens is 246 g/mol. The van der Waals surface area contributed by atoms with Gasteiger partial charge in [0.2, 0.25) is 0 Å². The molecule has 1 fully saturated rings. The Kier molecular flexibility index (Phi) is 4.51. The van der Waals surface area contributed by atoms with Gasteiger partial charge in [-0.05, 0) is 6.92 Å². The summed E-state index contributed by atoms with van der Waals surface area (Å²) in [7, 11) is -2.93. The molecule has 100 valence electrons. The summed E-state index contributed by atoms with van der Waals surface area (Å²) in [6.07, 6.45) is 0. The van der Waals surface area contributed by atoms with Gasteiger partial charge in [-0.15, -0.1) is 0 Å². The minimum Gasteiger partial charge on any atom is -0.480 e. The molecule has 0 bridgehead atoms. The zero-order valence-electron chi connectivity index (χ0n) is 10.2. The molecule has 0 unspecified atom stereocenters. The van der Waals surface area contributed by atoms with Gasteiger partial charge in [0.05, 0.1) is 11.4 Å². The molecule has 0 aromatic carbocycles. The molecule has 0 amide bonds. The monoisotopic (exact) mass is 265 g/mol. The molecule has 6 nitrogen and oxygen atoms in total. The average Bonchev–Trinajstić information content (AvgIpc) is 2.20. The minimum absolute atomic E-state index is 0.151. The van der Waals surface area contributed by atoms with Crippen LogP contribution in [0.1, 0.15) is 13.8 Å². The van der Waals surface area contributed by atoms with Gasteiger partial charge < -0.3 is 9.84 Å². The first-order chi connectivity index (χ1) is 7.76. The number of nitrogens with zero attached hydrogens (tertiary/aromatic N) is 1. The molecule has 17 heavy (non-hydrogen) atoms. The van der Waals surface area contributed by atoms with Crippen molar-refractivity contribution in [3.63, 3.8) is 0 Å². The first-order valence-electron chi connectivity index (χ1n) is 5.55. The molecule has 0 saturated carbocycles. The lowest BCUT2D eigenvalue weighted by Gasteiger charge is -2.47. The smallest absolute Gasteiger partial charge is 0.329 e. The topological polar surface area (TPSA) is 83.9 Å². The number of carbonyl (C=O) groups is 1. The largest absolute Gasteiger partial charge is 0.480 e. The van der Waals surface area contributed by atoms with E-state index in [0.717, 1.165) is 0 Å². The molecule has 0 spiro atoms. The molecule has 0 aliphatic carbocycles. The molecule has 1 N–H and O–H groups in total. The number of sulfone groups is 1. The summed E-state index contributed by atoms with van der Waals surface area (Å²) in [4.78, 5) is 12.3. The summed E-state index contributed by atoms with van der Waals surface area (Å²) in [6.45, 7) is 4.81. The Morgan fingerprint density at radius 2 is 2.06 bits per heavy atom. The Morgan fingerprint density at radius 3 is 2.53 bits per heavy atom. The van der Waals surface area contributed by atoms with Crippen molar-refractivity contribution >= 4 is 15.8 Å². The molecule has 1 saturated heterocycles. The van der Waals surface area contributed by atoms with Crippen LogP contribution in [0.4, 0.5) is 0 Å². The predicted molar refractivity (Wildman–Crippen MR) is 62.8 cm³/mol. The summed E-state index contributed by atoms with van der Waals surface area (Å²) in [5.41, 5.74) is -0.450. The lowest BCUT2D eigenvalue weighted by Crippen LogP contribution is -2.62. The molecule has 0 aromatic heterocycles. The highest BCUT2D eigenvalue weighted by atomic mass is 32.2. The Morgan fingerprint density at radius 1 is 1.47 bits per heavy atom. The quantitative estimate of drug-likeness (QED) is 0.674. The van der Waals surface area contributed by atoms with Gasteiger partial charge >= 0.3 is 5.97 Å². The number of likely N-dealkylation sites (tertiary alicyclic amines) is 1. The van der Waals surface area contributed by atoms with Gasteiger partial charge in [-0.3, -0.25) is 4.90 Å². The van der Waals surface area contributed by atoms with Crippen LogP contribution in [-0.4, -0.2) is 67.7 Å². The SMILES string of the molecule is CCS(=O)(=O)CCN1CC(C)(OCC(=O)O)C1. The van der Waals surface area contributed by atoms with Crippen LogP contribution in [0.3, 0.4) is 0 Å². The number of aliphatic carboxylic acids is 1. The van der Waals surface area contributed by atoms with Gasteiger partial charge in [-0.25, -0.2) is 13.2 Å². The summed E-state index contributed by atoms with van der Waals surface area (Å²) in [5, 5.41) is 8.49. The maximum absolute atomic E-state index is 11.3. The second-order valence-corrected chi connectivity index (χ2v) is 7.05. The van der Waals surface area contributed by atoms with Crippen LogP contribution in [0.2, 0.25) is 0 Å². The van der Waals surface area contributed by atoms with Crippen LogP contribution in [0.25, 0.3) is 0 Å². The molecule has 1 rings (SSSR count). The fourth-order valence-corrected chi connectivity index (χ4v) is 2.62. The predicted octanol–water partition coefficient (Wildman–Crippen LogP) is -0.403. The van der Waals surface area contributed by atoms with Crippen LogP contribution in [0.15, 0.2) is 0 Å². The highest BCUT2D eigenvalue weighted by Gasteiger charge is 2.40. The van der Waals surface area contributed by atoms with E-state index in [1.807, 2.05) is 11.8 Å². The van der Waals surface area contributed by atoms with E-state index in [0.29, 0.717) is 19.6 Å². The van der Waals surface area contributed by atoms with Crippen LogP contribution in [0.5, 0.6) is 0 Å². The van der Waals surface area contributed by atoms with Crippen molar-refractivity contribution in [2.75, 3.05) is 37.7 Å². The lowest BCUT2D eigenvalue weighted by atomic mass is 9.97. The molecule has 1 aliphatic heterocycles. The number of carboxylic acid groups (broad SMARTS) is 1. The standard InChI is InChI=1S/C10H19NO5S/c1-3-17(14,15)5-4-11-7-10(2,8-11)16-6-9(12)13/h3-8H2,1-2H3,(H,12,13). The second-order valence-electron chi connectivity index (χ2n) is 4.58. The Labute approximate surface area is 101 Å². The van der Waals surface area contributed by atoms with E-state index >= 15 is 0 Å². The van der Waals surface area contributed by atoms with Gasteiger partial charge in [0.15, 0.2) is 9.84 Å². The van der Waals surface area contributed by atoms with E-state index in [1.165, 1.54) is 0 Å². The molecular formula is C10H19NO5S. The molecule has 0 radical (unpaired) electrons. The normalized spacial score (nSPS) is 19.9. The molecule has 0 aromatic rings. The molecule has 1 aliphatic rings. The molecule has 0 atom stereocenters. The summed E-state index contributed by atoms with van der Waals surface area (Å²) in [6, 6.07) is 0. The third-order valence-corrected chi connectivity index (χ3v) is 4.50. The van der Waals surface area contributed by atoms with Crippen molar-refractivity contribution in [2.45, 2.75) is 19.4 Å². The zero-order chi connectivity index (χ0) is 13.1. The summed E-state index contributed by atoms with van der Waals surface area (Å²) >= 11 is 0. The first kappa shape index (κ1) is 14.4. The van der Waals surface area contributed by atoms with Crippen molar-refractivity contribution < 1.29 is 23.1 Å². The Balaban J connectivity index is 2.25. The Bertz CT molecular complexity index is 372. The fourth-order valence-electron chi connectivity index (χ4n) is 1.80. The van der Waals surface area contributed by atoms with Crippen molar-refractivity contribution in [2.24, 2.45) is 0 Å². The van der Waals surface area contributed by atoms with Crippen LogP contribution < -0.4 is 0 Å². The van der Waals surface area contributed by atoms with Gasteiger partial charge in [-0.2, -0.15) is 0 Å². The Hall–Kier alpha value is -0.660. The maximum Gasteiger partial charge on any atom is 0.329 e. The fraction of sp³-hybridized carbons (Fsp3) is 0.900. The molecule has 7 heteroatoms. The number of hydrogen-bond acceptors (Lipinski definition) is 5. The van der Waals surface area contributed by atoms with E-state index in [9.17, 15) is 13.2 Å². The van der Waals surface area contributed by atoms with Gasteiger partial charge in [0.25, 0.3) is 0 Å². The number of ether oxygens (including phenoxy) is 1. The van der Waals surface area contributed by atoms with E-state index in [-0.39, 0.29) is 18.1 Å². The highest BCUT2D eigenvalue weighted by molar-refractivity contribution is 7.91. The van der Waals surface area contributed by atoms with Gasteiger partial charge in [-0.1, -0.05) is 6.92 Å². The minimum atomic E-state index is -2.93. The number of hydrogen-bond donors (Lipinski definition) is 1. The second kappa shape index (κ2) is 5.32. The average molecular weight is 265 g/mol.